The van der Waals surface area contributed by atoms with Crippen molar-refractivity contribution in [3.05, 3.63) is 199 Å². The number of benzene rings is 6. The zero-order valence-electron chi connectivity index (χ0n) is 29.9. The van der Waals surface area contributed by atoms with Crippen molar-refractivity contribution in [1.29, 1.82) is 0 Å². The zero-order chi connectivity index (χ0) is 37.0. The Morgan fingerprint density at radius 3 is 1.91 bits per heavy atom. The highest BCUT2D eigenvalue weighted by atomic mass is 15.0. The van der Waals surface area contributed by atoms with E-state index in [1.54, 1.807) is 24.8 Å². The van der Waals surface area contributed by atoms with E-state index in [2.05, 4.69) is 155 Å². The lowest BCUT2D eigenvalue weighted by Gasteiger charge is -2.14. The molecule has 6 nitrogen and oxygen atoms in total. The van der Waals surface area contributed by atoms with Gasteiger partial charge in [0.25, 0.3) is 0 Å². The molecule has 3 heterocycles. The van der Waals surface area contributed by atoms with Crippen molar-refractivity contribution < 1.29 is 0 Å². The first kappa shape index (κ1) is 33.4. The minimum absolute atomic E-state index is 0.414. The molecule has 0 atom stereocenters. The molecule has 0 aliphatic heterocycles. The Morgan fingerprint density at radius 2 is 1.18 bits per heavy atom. The maximum Gasteiger partial charge on any atom is 0.162 e. The molecule has 6 heteroatoms. The van der Waals surface area contributed by atoms with Gasteiger partial charge in [0, 0.05) is 46.9 Å². The molecular weight excluding hydrogens is 673 g/mol. The van der Waals surface area contributed by atoms with Gasteiger partial charge in [0.15, 0.2) is 11.7 Å². The summed E-state index contributed by atoms with van der Waals surface area (Å²) < 4.78 is 0. The number of nitrogens with zero attached hydrogens (tertiary/aromatic N) is 6. The van der Waals surface area contributed by atoms with E-state index < -0.39 is 0 Å². The highest BCUT2D eigenvalue weighted by Gasteiger charge is 2.14. The van der Waals surface area contributed by atoms with Gasteiger partial charge >= 0.3 is 0 Å². The van der Waals surface area contributed by atoms with E-state index in [0.29, 0.717) is 18.2 Å². The summed E-state index contributed by atoms with van der Waals surface area (Å²) in [5.74, 6) is 0.969. The van der Waals surface area contributed by atoms with Gasteiger partial charge in [-0.1, -0.05) is 121 Å². The van der Waals surface area contributed by atoms with Gasteiger partial charge in [0.2, 0.25) is 0 Å². The number of amidine groups is 2. The average molecular weight is 707 g/mol. The van der Waals surface area contributed by atoms with Crippen molar-refractivity contribution in [2.24, 2.45) is 15.0 Å². The first-order valence-electron chi connectivity index (χ1n) is 18.1. The summed E-state index contributed by atoms with van der Waals surface area (Å²) in [6.07, 6.45) is 6.93. The monoisotopic (exact) mass is 706 g/mol. The van der Waals surface area contributed by atoms with Crippen LogP contribution in [0.5, 0.6) is 0 Å². The smallest absolute Gasteiger partial charge is 0.162 e. The predicted octanol–water partition coefficient (Wildman–Crippen LogP) is 11.4. The molecule has 0 saturated heterocycles. The second-order valence-electron chi connectivity index (χ2n) is 13.2. The van der Waals surface area contributed by atoms with Crippen LogP contribution in [0.25, 0.3) is 66.0 Å². The molecule has 0 unspecified atom stereocenters. The summed E-state index contributed by atoms with van der Waals surface area (Å²) in [7, 11) is 0. The molecule has 9 rings (SSSR count). The summed E-state index contributed by atoms with van der Waals surface area (Å²) in [5.41, 5.74) is 10.3. The summed E-state index contributed by atoms with van der Waals surface area (Å²) >= 11 is 0. The van der Waals surface area contributed by atoms with Crippen LogP contribution in [0.3, 0.4) is 0 Å². The lowest BCUT2D eigenvalue weighted by atomic mass is 9.93. The second kappa shape index (κ2) is 14.9. The van der Waals surface area contributed by atoms with Crippen LogP contribution in [-0.4, -0.2) is 33.3 Å². The van der Waals surface area contributed by atoms with Crippen molar-refractivity contribution in [2.75, 3.05) is 0 Å². The minimum atomic E-state index is 0.414. The number of hydrogen-bond acceptors (Lipinski definition) is 4. The van der Waals surface area contributed by atoms with E-state index in [0.717, 1.165) is 55.4 Å². The summed E-state index contributed by atoms with van der Waals surface area (Å²) in [6.45, 7) is 4.17. The standard InChI is InChI=1S/C49H34N6/c1-50-48(38-14-9-27-51-30-38)55-49(39-15-10-28-52-31-39)53-32-37-23-25-41(43-18-8-7-16-40(37)43)35-19-21-36(22-20-35)46-29-44(33-11-3-2-4-12-33)47-42-17-6-5-13-34(42)24-26-45(47)54-46/h2-31H,1,32H2/b53-49-,55-48-. The van der Waals surface area contributed by atoms with Crippen molar-refractivity contribution in [3.63, 3.8) is 0 Å². The van der Waals surface area contributed by atoms with Crippen LogP contribution in [0, 0.1) is 0 Å². The largest absolute Gasteiger partial charge is 0.264 e. The third-order valence-electron chi connectivity index (χ3n) is 9.89. The number of aromatic nitrogens is 3. The van der Waals surface area contributed by atoms with Gasteiger partial charge in [-0.2, -0.15) is 0 Å². The molecule has 0 aliphatic carbocycles. The molecule has 3 aromatic heterocycles. The second-order valence-corrected chi connectivity index (χ2v) is 13.2. The van der Waals surface area contributed by atoms with Crippen LogP contribution < -0.4 is 0 Å². The van der Waals surface area contributed by atoms with Crippen LogP contribution in [0.4, 0.5) is 0 Å². The quantitative estimate of drug-likeness (QED) is 0.0940. The summed E-state index contributed by atoms with van der Waals surface area (Å²) in [5, 5.41) is 5.87. The van der Waals surface area contributed by atoms with Gasteiger partial charge in [-0.25, -0.2) is 15.0 Å². The van der Waals surface area contributed by atoms with E-state index in [1.807, 2.05) is 24.3 Å². The van der Waals surface area contributed by atoms with Gasteiger partial charge in [-0.05, 0) is 92.5 Å². The van der Waals surface area contributed by atoms with Crippen molar-refractivity contribution in [3.8, 4) is 33.5 Å². The fourth-order valence-electron chi connectivity index (χ4n) is 7.20. The SMILES string of the molecule is C=N/C(=N\C(=N/Cc1ccc(-c2ccc(-c3cc(-c4ccccc4)c4c(ccc5ccccc54)n3)cc2)c2ccccc12)c1cccnc1)c1cccnc1. The molecule has 0 amide bonds. The molecule has 55 heavy (non-hydrogen) atoms. The molecular formula is C49H34N6. The molecule has 6 aromatic carbocycles. The first-order valence-corrected chi connectivity index (χ1v) is 18.1. The Morgan fingerprint density at radius 1 is 0.527 bits per heavy atom. The molecule has 0 N–H and O–H groups in total. The molecule has 0 fully saturated rings. The van der Waals surface area contributed by atoms with E-state index in [1.165, 1.54) is 27.3 Å². The van der Waals surface area contributed by atoms with Crippen molar-refractivity contribution >= 4 is 50.8 Å². The third kappa shape index (κ3) is 6.69. The van der Waals surface area contributed by atoms with E-state index in [9.17, 15) is 0 Å². The van der Waals surface area contributed by atoms with Gasteiger partial charge < -0.3 is 0 Å². The molecule has 9 aromatic rings. The van der Waals surface area contributed by atoms with Gasteiger partial charge in [0.05, 0.1) is 17.8 Å². The Labute approximate surface area is 319 Å². The van der Waals surface area contributed by atoms with Crippen LogP contribution in [0.1, 0.15) is 16.7 Å². The van der Waals surface area contributed by atoms with E-state index in [-0.39, 0.29) is 0 Å². The molecule has 0 aliphatic rings. The zero-order valence-corrected chi connectivity index (χ0v) is 29.9. The van der Waals surface area contributed by atoms with E-state index in [4.69, 9.17) is 15.0 Å². The fourth-order valence-corrected chi connectivity index (χ4v) is 7.20. The maximum atomic E-state index is 5.20. The number of rotatable bonds is 7. The van der Waals surface area contributed by atoms with Gasteiger partial charge in [-0.3, -0.25) is 15.0 Å². The lowest BCUT2D eigenvalue weighted by molar-refractivity contribution is 1.07. The normalized spacial score (nSPS) is 12.0. The highest BCUT2D eigenvalue weighted by Crippen LogP contribution is 2.38. The molecule has 260 valence electrons. The van der Waals surface area contributed by atoms with Crippen LogP contribution in [0.15, 0.2) is 197 Å². The Bertz CT molecular complexity index is 2880. The van der Waals surface area contributed by atoms with Gasteiger partial charge in [-0.15, -0.1) is 0 Å². The molecule has 0 spiro atoms. The average Bonchev–Trinajstić information content (AvgIpc) is 3.27. The number of pyridine rings is 3. The predicted molar refractivity (Wildman–Crippen MR) is 228 cm³/mol. The van der Waals surface area contributed by atoms with Crippen LogP contribution >= 0.6 is 0 Å². The highest BCUT2D eigenvalue weighted by molar-refractivity contribution is 6.14. The maximum absolute atomic E-state index is 5.20. The lowest BCUT2D eigenvalue weighted by Crippen LogP contribution is -2.06. The molecule has 0 saturated carbocycles. The van der Waals surface area contributed by atoms with Crippen molar-refractivity contribution in [1.82, 2.24) is 15.0 Å². The number of hydrogen-bond donors (Lipinski definition) is 0. The molecule has 0 bridgehead atoms. The number of aliphatic imine (C=N–C) groups is 3. The Hall–Kier alpha value is -7.44. The van der Waals surface area contributed by atoms with Crippen molar-refractivity contribution in [2.45, 2.75) is 6.54 Å². The van der Waals surface area contributed by atoms with Crippen LogP contribution in [-0.2, 0) is 6.54 Å². The topological polar surface area (TPSA) is 75.8 Å². The van der Waals surface area contributed by atoms with Crippen LogP contribution in [0.2, 0.25) is 0 Å². The Balaban J connectivity index is 1.08. The van der Waals surface area contributed by atoms with Gasteiger partial charge in [0.1, 0.15) is 0 Å². The van der Waals surface area contributed by atoms with E-state index >= 15 is 0 Å². The Kier molecular flexibility index (Phi) is 9.04. The molecule has 0 radical (unpaired) electrons. The summed E-state index contributed by atoms with van der Waals surface area (Å²) in [6, 6.07) is 54.8. The fraction of sp³-hybridized carbons (Fsp3) is 0.0204. The first-order chi connectivity index (χ1) is 27.2. The summed E-state index contributed by atoms with van der Waals surface area (Å²) in [4.78, 5) is 27.8. The third-order valence-corrected chi connectivity index (χ3v) is 9.89. The number of fused-ring (bicyclic) bond motifs is 4. The minimum Gasteiger partial charge on any atom is -0.264 e.